The Morgan fingerprint density at radius 1 is 1.09 bits per heavy atom. The van der Waals surface area contributed by atoms with Crippen LogP contribution in [-0.2, 0) is 10.0 Å². The molecular weight excluding hydrogens is 432 g/mol. The standard InChI is InChI=1S/C22H30N4O5S/c1-30-18-6-4-17(5-7-18)26-14-12-25(13-15-26)11-3-10-24-22(27)20-16-19(32(23,28)29)8-9-21(20)31-2/h4-9,16H,3,10-15H2,1-2H3,(H,24,27)(H2,23,28,29)/p+1. The first-order valence-electron chi connectivity index (χ1n) is 10.5. The van der Waals surface area contributed by atoms with Gasteiger partial charge in [-0.15, -0.1) is 0 Å². The van der Waals surface area contributed by atoms with Crippen LogP contribution in [0.1, 0.15) is 16.8 Å². The molecule has 1 aliphatic rings. The average molecular weight is 464 g/mol. The van der Waals surface area contributed by atoms with E-state index in [4.69, 9.17) is 14.6 Å². The summed E-state index contributed by atoms with van der Waals surface area (Å²) in [6.45, 7) is 5.46. The van der Waals surface area contributed by atoms with Gasteiger partial charge in [-0.2, -0.15) is 0 Å². The van der Waals surface area contributed by atoms with Crippen molar-refractivity contribution < 1.29 is 27.6 Å². The van der Waals surface area contributed by atoms with E-state index in [0.29, 0.717) is 12.3 Å². The van der Waals surface area contributed by atoms with Crippen LogP contribution in [0.2, 0.25) is 0 Å². The second-order valence-electron chi connectivity index (χ2n) is 7.70. The normalized spacial score (nSPS) is 14.8. The van der Waals surface area contributed by atoms with Gasteiger partial charge in [-0.05, 0) is 42.5 Å². The fourth-order valence-corrected chi connectivity index (χ4v) is 4.34. The van der Waals surface area contributed by atoms with E-state index in [9.17, 15) is 13.2 Å². The minimum atomic E-state index is -3.90. The summed E-state index contributed by atoms with van der Waals surface area (Å²) in [7, 11) is -0.808. The van der Waals surface area contributed by atoms with Crippen LogP contribution in [0.25, 0.3) is 0 Å². The van der Waals surface area contributed by atoms with E-state index in [1.807, 2.05) is 12.1 Å². The molecule has 9 nitrogen and oxygen atoms in total. The highest BCUT2D eigenvalue weighted by molar-refractivity contribution is 7.89. The Kier molecular flexibility index (Phi) is 7.94. The number of carbonyl (C=O) groups is 1. The van der Waals surface area contributed by atoms with Gasteiger partial charge in [0.05, 0.1) is 57.4 Å². The molecule has 1 saturated heterocycles. The average Bonchev–Trinajstić information content (AvgIpc) is 2.81. The van der Waals surface area contributed by atoms with E-state index >= 15 is 0 Å². The van der Waals surface area contributed by atoms with Gasteiger partial charge >= 0.3 is 0 Å². The van der Waals surface area contributed by atoms with Gasteiger partial charge < -0.3 is 24.6 Å². The summed E-state index contributed by atoms with van der Waals surface area (Å²) in [6.07, 6.45) is 0.820. The third kappa shape index (κ3) is 6.12. The molecular formula is C22H31N4O5S+. The first kappa shape index (κ1) is 23.8. The van der Waals surface area contributed by atoms with Crippen LogP contribution in [0.4, 0.5) is 5.69 Å². The fraction of sp³-hybridized carbons (Fsp3) is 0.409. The molecule has 1 aliphatic heterocycles. The maximum Gasteiger partial charge on any atom is 0.255 e. The summed E-state index contributed by atoms with van der Waals surface area (Å²) in [6, 6.07) is 12.1. The SMILES string of the molecule is COc1ccc(N2CC[NH+](CCCNC(=O)c3cc(S(N)(=O)=O)ccc3OC)CC2)cc1. The third-order valence-corrected chi connectivity index (χ3v) is 6.56. The number of nitrogens with zero attached hydrogens (tertiary/aromatic N) is 1. The maximum absolute atomic E-state index is 12.6. The van der Waals surface area contributed by atoms with Gasteiger partial charge in [0.2, 0.25) is 10.0 Å². The summed E-state index contributed by atoms with van der Waals surface area (Å²) in [4.78, 5) is 16.3. The van der Waals surface area contributed by atoms with Gasteiger partial charge in [0, 0.05) is 18.7 Å². The van der Waals surface area contributed by atoms with Crippen molar-refractivity contribution in [2.24, 2.45) is 5.14 Å². The molecule has 1 heterocycles. The van der Waals surface area contributed by atoms with Crippen LogP contribution >= 0.6 is 0 Å². The molecule has 0 radical (unpaired) electrons. The summed E-state index contributed by atoms with van der Waals surface area (Å²) in [5.41, 5.74) is 1.35. The van der Waals surface area contributed by atoms with Gasteiger partial charge in [-0.25, -0.2) is 13.6 Å². The quantitative estimate of drug-likeness (QED) is 0.447. The topological polar surface area (TPSA) is 115 Å². The van der Waals surface area contributed by atoms with E-state index in [2.05, 4.69) is 22.3 Å². The number of carbonyl (C=O) groups excluding carboxylic acids is 1. The second kappa shape index (κ2) is 10.7. The molecule has 2 aromatic carbocycles. The summed E-state index contributed by atoms with van der Waals surface area (Å²) in [5, 5.41) is 8.02. The van der Waals surface area contributed by atoms with Crippen LogP contribution < -0.4 is 29.7 Å². The van der Waals surface area contributed by atoms with Gasteiger partial charge in [-0.3, -0.25) is 4.79 Å². The number of anilines is 1. The highest BCUT2D eigenvalue weighted by Gasteiger charge is 2.20. The number of hydrogen-bond donors (Lipinski definition) is 3. The van der Waals surface area contributed by atoms with Gasteiger partial charge in [0.25, 0.3) is 5.91 Å². The second-order valence-corrected chi connectivity index (χ2v) is 9.26. The highest BCUT2D eigenvalue weighted by Crippen LogP contribution is 2.22. The minimum Gasteiger partial charge on any atom is -0.497 e. The van der Waals surface area contributed by atoms with Crippen molar-refractivity contribution in [2.45, 2.75) is 11.3 Å². The lowest BCUT2D eigenvalue weighted by atomic mass is 10.2. The van der Waals surface area contributed by atoms with E-state index < -0.39 is 10.0 Å². The van der Waals surface area contributed by atoms with Crippen molar-refractivity contribution in [3.05, 3.63) is 48.0 Å². The number of nitrogens with one attached hydrogen (secondary N) is 2. The zero-order valence-corrected chi connectivity index (χ0v) is 19.3. The van der Waals surface area contributed by atoms with Crippen molar-refractivity contribution in [2.75, 3.05) is 58.4 Å². The molecule has 0 unspecified atom stereocenters. The van der Waals surface area contributed by atoms with Crippen LogP contribution in [0.5, 0.6) is 11.5 Å². The van der Waals surface area contributed by atoms with Crippen molar-refractivity contribution in [3.8, 4) is 11.5 Å². The van der Waals surface area contributed by atoms with E-state index in [0.717, 1.165) is 44.9 Å². The van der Waals surface area contributed by atoms with E-state index in [-0.39, 0.29) is 16.4 Å². The van der Waals surface area contributed by atoms with Crippen molar-refractivity contribution in [1.29, 1.82) is 0 Å². The first-order chi connectivity index (χ1) is 15.3. The highest BCUT2D eigenvalue weighted by atomic mass is 32.2. The maximum atomic E-state index is 12.6. The number of piperazine rings is 1. The number of methoxy groups -OCH3 is 2. The predicted molar refractivity (Wildman–Crippen MR) is 122 cm³/mol. The molecule has 2 aromatic rings. The number of rotatable bonds is 9. The molecule has 32 heavy (non-hydrogen) atoms. The van der Waals surface area contributed by atoms with Crippen molar-refractivity contribution in [1.82, 2.24) is 5.32 Å². The largest absolute Gasteiger partial charge is 0.497 e. The first-order valence-corrected chi connectivity index (χ1v) is 12.1. The van der Waals surface area contributed by atoms with E-state index in [1.165, 1.54) is 35.9 Å². The fourth-order valence-electron chi connectivity index (χ4n) is 3.80. The van der Waals surface area contributed by atoms with E-state index in [1.54, 1.807) is 7.11 Å². The number of ether oxygens (including phenoxy) is 2. The Bertz CT molecular complexity index is 1020. The zero-order valence-electron chi connectivity index (χ0n) is 18.5. The lowest BCUT2D eigenvalue weighted by Gasteiger charge is -2.33. The summed E-state index contributed by atoms with van der Waals surface area (Å²) >= 11 is 0. The third-order valence-electron chi connectivity index (χ3n) is 5.64. The molecule has 0 aliphatic carbocycles. The Morgan fingerprint density at radius 3 is 2.38 bits per heavy atom. The van der Waals surface area contributed by atoms with Crippen molar-refractivity contribution >= 4 is 21.6 Å². The number of quaternary nitrogens is 1. The molecule has 0 atom stereocenters. The summed E-state index contributed by atoms with van der Waals surface area (Å²) in [5.74, 6) is 0.774. The monoisotopic (exact) mass is 463 g/mol. The molecule has 0 saturated carbocycles. The molecule has 3 rings (SSSR count). The molecule has 0 aromatic heterocycles. The molecule has 10 heteroatoms. The number of hydrogen-bond acceptors (Lipinski definition) is 6. The van der Waals surface area contributed by atoms with Gasteiger partial charge in [0.1, 0.15) is 11.5 Å². The molecule has 0 bridgehead atoms. The van der Waals surface area contributed by atoms with Gasteiger partial charge in [-0.1, -0.05) is 0 Å². The Balaban J connectivity index is 1.44. The van der Waals surface area contributed by atoms with Crippen LogP contribution in [0, 0.1) is 0 Å². The minimum absolute atomic E-state index is 0.123. The lowest BCUT2D eigenvalue weighted by molar-refractivity contribution is -0.900. The Morgan fingerprint density at radius 2 is 1.78 bits per heavy atom. The molecule has 0 spiro atoms. The Hall–Kier alpha value is -2.82. The summed E-state index contributed by atoms with van der Waals surface area (Å²) < 4.78 is 33.6. The number of primary sulfonamides is 1. The smallest absolute Gasteiger partial charge is 0.255 e. The molecule has 1 amide bonds. The van der Waals surface area contributed by atoms with Crippen LogP contribution in [-0.4, -0.2) is 67.8 Å². The predicted octanol–water partition coefficient (Wildman–Crippen LogP) is -0.124. The molecule has 1 fully saturated rings. The number of benzene rings is 2. The lowest BCUT2D eigenvalue weighted by Crippen LogP contribution is -3.15. The zero-order chi connectivity index (χ0) is 23.1. The van der Waals surface area contributed by atoms with Gasteiger partial charge in [0.15, 0.2) is 0 Å². The number of nitrogens with two attached hydrogens (primary N) is 1. The molecule has 174 valence electrons. The number of sulfonamides is 1. The Labute approximate surface area is 189 Å². The van der Waals surface area contributed by atoms with Crippen molar-refractivity contribution in [3.63, 3.8) is 0 Å². The molecule has 4 N–H and O–H groups in total. The number of amides is 1. The van der Waals surface area contributed by atoms with Crippen LogP contribution in [0.3, 0.4) is 0 Å². The van der Waals surface area contributed by atoms with Crippen LogP contribution in [0.15, 0.2) is 47.4 Å².